The van der Waals surface area contributed by atoms with Crippen molar-refractivity contribution in [3.8, 4) is 0 Å². The minimum atomic E-state index is -4.46. The molecule has 0 aromatic heterocycles. The number of halogens is 1. The van der Waals surface area contributed by atoms with Gasteiger partial charge in [-0.1, -0.05) is 11.6 Å². The summed E-state index contributed by atoms with van der Waals surface area (Å²) in [6, 6.07) is 12.0. The molecule has 0 aliphatic carbocycles. The van der Waals surface area contributed by atoms with E-state index in [4.69, 9.17) is 11.6 Å². The first-order chi connectivity index (χ1) is 18.2. The second kappa shape index (κ2) is 11.8. The average Bonchev–Trinajstić information content (AvgIpc) is 2.85. The van der Waals surface area contributed by atoms with Gasteiger partial charge in [-0.15, -0.1) is 0 Å². The highest BCUT2D eigenvalue weighted by Gasteiger charge is 2.21. The van der Waals surface area contributed by atoms with E-state index < -0.39 is 56.1 Å². The van der Waals surface area contributed by atoms with Gasteiger partial charge in [0.2, 0.25) is 11.8 Å². The van der Waals surface area contributed by atoms with Crippen LogP contribution in [0.25, 0.3) is 0 Å². The van der Waals surface area contributed by atoms with Crippen LogP contribution in [0.15, 0.2) is 65.6 Å². The Labute approximate surface area is 226 Å². The molecule has 3 aromatic carbocycles. The van der Waals surface area contributed by atoms with E-state index >= 15 is 0 Å². The molecule has 3 aromatic rings. The van der Waals surface area contributed by atoms with Crippen molar-refractivity contribution in [1.29, 1.82) is 0 Å². The number of Topliss-reactive ketones (excluding diaryl/α,β-unsaturated/α-hetero) is 1. The fourth-order valence-electron chi connectivity index (χ4n) is 3.28. The zero-order valence-electron chi connectivity index (χ0n) is 20.0. The zero-order valence-corrected chi connectivity index (χ0v) is 21.6. The van der Waals surface area contributed by atoms with Gasteiger partial charge in [-0.3, -0.25) is 19.1 Å². The van der Waals surface area contributed by atoms with Crippen molar-refractivity contribution >= 4 is 68.2 Å². The van der Waals surface area contributed by atoms with E-state index in [1.165, 1.54) is 49.4 Å². The number of aromatic carboxylic acids is 2. The third-order valence-corrected chi connectivity index (χ3v) is 6.74. The van der Waals surface area contributed by atoms with Gasteiger partial charge in [0.15, 0.2) is 5.78 Å². The van der Waals surface area contributed by atoms with Gasteiger partial charge >= 0.3 is 11.9 Å². The summed E-state index contributed by atoms with van der Waals surface area (Å²) in [6.45, 7) is 1.33. The fourth-order valence-corrected chi connectivity index (χ4v) is 4.57. The van der Waals surface area contributed by atoms with Crippen LogP contribution in [0.1, 0.15) is 44.4 Å². The summed E-state index contributed by atoms with van der Waals surface area (Å²) in [6.07, 6.45) is -0.564. The molecule has 0 unspecified atom stereocenters. The standard InChI is InChI=1S/C25H20ClN3O9S/c1-13(30)27-17-4-2-14(3-5-17)22(31)12-23(32)28-21-11-18(6-7-20(21)26)29-39(37,38)19-9-15(24(33)34)8-16(10-19)25(35)36/h2-11,29H,12H2,1H3,(H,27,30)(H,28,32)(H,33,34)(H,35,36). The Morgan fingerprint density at radius 1 is 0.769 bits per heavy atom. The SMILES string of the molecule is CC(=O)Nc1ccc(C(=O)CC(=O)Nc2cc(NS(=O)(=O)c3cc(C(=O)O)cc(C(=O)O)c3)ccc2Cl)cc1. The number of carbonyl (C=O) groups is 5. The molecule has 2 amide bonds. The lowest BCUT2D eigenvalue weighted by atomic mass is 10.1. The van der Waals surface area contributed by atoms with Gasteiger partial charge in [-0.2, -0.15) is 0 Å². The molecule has 3 rings (SSSR count). The molecular weight excluding hydrogens is 554 g/mol. The number of amides is 2. The van der Waals surface area contributed by atoms with Crippen molar-refractivity contribution in [3.63, 3.8) is 0 Å². The molecule has 0 aliphatic heterocycles. The van der Waals surface area contributed by atoms with Crippen LogP contribution >= 0.6 is 11.6 Å². The smallest absolute Gasteiger partial charge is 0.335 e. The second-order valence-corrected chi connectivity index (χ2v) is 10.2. The lowest BCUT2D eigenvalue weighted by Crippen LogP contribution is -2.18. The van der Waals surface area contributed by atoms with Gasteiger partial charge in [-0.05, 0) is 60.7 Å². The first kappa shape index (κ1) is 28.8. The average molecular weight is 574 g/mol. The van der Waals surface area contributed by atoms with Crippen LogP contribution in [0.4, 0.5) is 17.1 Å². The minimum absolute atomic E-state index is 0.0267. The van der Waals surface area contributed by atoms with E-state index in [1.54, 1.807) is 0 Å². The molecule has 0 bridgehead atoms. The number of ketones is 1. The predicted octanol–water partition coefficient (Wildman–Crippen LogP) is 3.71. The van der Waals surface area contributed by atoms with Crippen molar-refractivity contribution in [1.82, 2.24) is 0 Å². The van der Waals surface area contributed by atoms with Crippen LogP contribution in [0, 0.1) is 0 Å². The number of sulfonamides is 1. The summed E-state index contributed by atoms with van der Waals surface area (Å²) in [4.78, 5) is 58.1. The molecule has 0 atom stereocenters. The van der Waals surface area contributed by atoms with Crippen molar-refractivity contribution in [2.45, 2.75) is 18.2 Å². The normalized spacial score (nSPS) is 10.8. The number of anilines is 3. The van der Waals surface area contributed by atoms with Gasteiger partial charge in [0.1, 0.15) is 0 Å². The number of nitrogens with one attached hydrogen (secondary N) is 3. The molecule has 0 fully saturated rings. The van der Waals surface area contributed by atoms with Gasteiger partial charge in [0.25, 0.3) is 10.0 Å². The third-order valence-electron chi connectivity index (χ3n) is 5.05. The highest BCUT2D eigenvalue weighted by molar-refractivity contribution is 7.92. The Balaban J connectivity index is 1.76. The first-order valence-corrected chi connectivity index (χ1v) is 12.8. The lowest BCUT2D eigenvalue weighted by Gasteiger charge is -2.13. The molecule has 0 spiro atoms. The van der Waals surface area contributed by atoms with E-state index in [2.05, 4.69) is 15.4 Å². The Bertz CT molecular complexity index is 1570. The van der Waals surface area contributed by atoms with E-state index in [0.717, 1.165) is 18.2 Å². The molecule has 0 saturated heterocycles. The molecule has 39 heavy (non-hydrogen) atoms. The summed E-state index contributed by atoms with van der Waals surface area (Å²) in [7, 11) is -4.46. The fraction of sp³-hybridized carbons (Fsp3) is 0.0800. The van der Waals surface area contributed by atoms with Crippen molar-refractivity contribution < 1.29 is 42.6 Å². The zero-order chi connectivity index (χ0) is 28.9. The van der Waals surface area contributed by atoms with Crippen LogP contribution < -0.4 is 15.4 Å². The van der Waals surface area contributed by atoms with Gasteiger partial charge in [0, 0.05) is 18.2 Å². The Kier molecular flexibility index (Phi) is 8.68. The van der Waals surface area contributed by atoms with Crippen molar-refractivity contribution in [2.75, 3.05) is 15.4 Å². The summed E-state index contributed by atoms with van der Waals surface area (Å²) in [5, 5.41) is 23.4. The maximum Gasteiger partial charge on any atom is 0.335 e. The first-order valence-electron chi connectivity index (χ1n) is 10.9. The van der Waals surface area contributed by atoms with E-state index in [9.17, 15) is 42.6 Å². The molecule has 14 heteroatoms. The molecule has 12 nitrogen and oxygen atoms in total. The quantitative estimate of drug-likeness (QED) is 0.177. The summed E-state index contributed by atoms with van der Waals surface area (Å²) in [5.74, 6) is -4.60. The van der Waals surface area contributed by atoms with Crippen molar-refractivity contribution in [2.24, 2.45) is 0 Å². The lowest BCUT2D eigenvalue weighted by molar-refractivity contribution is -0.115. The summed E-state index contributed by atoms with van der Waals surface area (Å²) < 4.78 is 27.9. The number of hydrogen-bond acceptors (Lipinski definition) is 7. The van der Waals surface area contributed by atoms with Crippen LogP contribution in [0.3, 0.4) is 0 Å². The number of hydrogen-bond donors (Lipinski definition) is 5. The van der Waals surface area contributed by atoms with Crippen LogP contribution in [-0.4, -0.2) is 48.2 Å². The largest absolute Gasteiger partial charge is 0.478 e. The van der Waals surface area contributed by atoms with Crippen LogP contribution in [-0.2, 0) is 19.6 Å². The predicted molar refractivity (Wildman–Crippen MR) is 141 cm³/mol. The number of carbonyl (C=O) groups excluding carboxylic acids is 3. The van der Waals surface area contributed by atoms with E-state index in [1.807, 2.05) is 0 Å². The Morgan fingerprint density at radius 2 is 1.33 bits per heavy atom. The number of carboxylic acid groups (broad SMARTS) is 2. The van der Waals surface area contributed by atoms with Crippen LogP contribution in [0.2, 0.25) is 5.02 Å². The molecule has 5 N–H and O–H groups in total. The van der Waals surface area contributed by atoms with Crippen LogP contribution in [0.5, 0.6) is 0 Å². The van der Waals surface area contributed by atoms with Crippen molar-refractivity contribution in [3.05, 3.63) is 82.4 Å². The van der Waals surface area contributed by atoms with E-state index in [-0.39, 0.29) is 27.9 Å². The molecule has 0 aliphatic rings. The maximum atomic E-state index is 12.9. The van der Waals surface area contributed by atoms with Gasteiger partial charge in [-0.25, -0.2) is 18.0 Å². The summed E-state index contributed by atoms with van der Waals surface area (Å²) in [5.41, 5.74) is -0.518. The van der Waals surface area contributed by atoms with Gasteiger partial charge < -0.3 is 20.8 Å². The number of rotatable bonds is 10. The van der Waals surface area contributed by atoms with Gasteiger partial charge in [0.05, 0.1) is 38.8 Å². The van der Waals surface area contributed by atoms with E-state index in [0.29, 0.717) is 5.69 Å². The minimum Gasteiger partial charge on any atom is -0.478 e. The Morgan fingerprint density at radius 3 is 1.87 bits per heavy atom. The highest BCUT2D eigenvalue weighted by Crippen LogP contribution is 2.28. The molecule has 0 radical (unpaired) electrons. The summed E-state index contributed by atoms with van der Waals surface area (Å²) >= 11 is 6.11. The molecule has 202 valence electrons. The number of benzene rings is 3. The maximum absolute atomic E-state index is 12.9. The topological polar surface area (TPSA) is 196 Å². The number of carboxylic acids is 2. The highest BCUT2D eigenvalue weighted by atomic mass is 35.5. The molecule has 0 saturated carbocycles. The third kappa shape index (κ3) is 7.63. The molecule has 0 heterocycles. The second-order valence-electron chi connectivity index (χ2n) is 8.06. The monoisotopic (exact) mass is 573 g/mol. The Hall–Kier alpha value is -4.75. The molecular formula is C25H20ClN3O9S.